The Morgan fingerprint density at radius 1 is 1.24 bits per heavy atom. The third-order valence-electron chi connectivity index (χ3n) is 5.09. The number of hydrogen-bond acceptors (Lipinski definition) is 7. The van der Waals surface area contributed by atoms with Crippen molar-refractivity contribution in [3.63, 3.8) is 0 Å². The van der Waals surface area contributed by atoms with Crippen molar-refractivity contribution in [3.05, 3.63) is 40.8 Å². The number of hydrogen-bond donors (Lipinski definition) is 1. The third kappa shape index (κ3) is 3.63. The van der Waals surface area contributed by atoms with Crippen LogP contribution in [0.3, 0.4) is 0 Å². The van der Waals surface area contributed by atoms with Crippen molar-refractivity contribution in [2.75, 3.05) is 0 Å². The number of amides is 2. The molecule has 2 aliphatic heterocycles. The van der Waals surface area contributed by atoms with Crippen molar-refractivity contribution < 1.29 is 49.0 Å². The van der Waals surface area contributed by atoms with Gasteiger partial charge in [-0.3, -0.25) is 9.59 Å². The van der Waals surface area contributed by atoms with E-state index in [0.29, 0.717) is 11.3 Å². The van der Waals surface area contributed by atoms with Crippen molar-refractivity contribution in [2.24, 2.45) is 0 Å². The number of carboxylic acid groups (broad SMARTS) is 1. The topological polar surface area (TPSA) is 102 Å². The molecule has 0 spiro atoms. The fourth-order valence-corrected chi connectivity index (χ4v) is 6.10. The van der Waals surface area contributed by atoms with Crippen LogP contribution in [0.15, 0.2) is 30.3 Å². The van der Waals surface area contributed by atoms with Gasteiger partial charge in [0.2, 0.25) is 5.91 Å². The molecule has 3 atom stereocenters. The average molecular weight is 439 g/mol. The molecule has 2 amide bonds. The van der Waals surface area contributed by atoms with E-state index >= 15 is 0 Å². The van der Waals surface area contributed by atoms with E-state index in [4.69, 9.17) is 0 Å². The predicted octanol–water partition coefficient (Wildman–Crippen LogP) is -1.97. The van der Waals surface area contributed by atoms with E-state index in [1.54, 1.807) is 13.8 Å². The van der Waals surface area contributed by atoms with Gasteiger partial charge in [0.15, 0.2) is 0 Å². The van der Waals surface area contributed by atoms with Crippen LogP contribution in [0.1, 0.15) is 29.1 Å². The molecule has 146 valence electrons. The fourth-order valence-electron chi connectivity index (χ4n) is 3.77. The molecule has 2 fully saturated rings. The van der Waals surface area contributed by atoms with Crippen molar-refractivity contribution in [2.45, 2.75) is 43.0 Å². The number of carbonyl (C=O) groups excluding carboxylic acids is 3. The Balaban J connectivity index is 0.00000240. The number of thioether (sulfide) groups is 1. The van der Waals surface area contributed by atoms with E-state index in [9.17, 15) is 19.5 Å². The Labute approximate surface area is 198 Å². The summed E-state index contributed by atoms with van der Waals surface area (Å²) in [7, 11) is 0. The molecular weight excluding hydrogens is 421 g/mol. The van der Waals surface area contributed by atoms with Crippen LogP contribution in [0, 0.1) is 6.92 Å². The molecule has 2 saturated heterocycles. The molecule has 0 saturated carbocycles. The van der Waals surface area contributed by atoms with Crippen molar-refractivity contribution in [1.82, 2.24) is 14.6 Å². The first-order valence-corrected chi connectivity index (χ1v) is 10.4. The normalized spacial score (nSPS) is 24.3. The molecule has 1 N–H and O–H groups in total. The smallest absolute Gasteiger partial charge is 0.548 e. The number of β-lactam (4-membered cyclic amide) rings is 1. The number of nitrogens with zero attached hydrogens (tertiary/aromatic N) is 2. The quantitative estimate of drug-likeness (QED) is 0.438. The molecule has 0 aliphatic carbocycles. The second-order valence-electron chi connectivity index (χ2n) is 7.36. The minimum atomic E-state index is -1.28. The van der Waals surface area contributed by atoms with E-state index < -0.39 is 34.1 Å². The number of carbonyl (C=O) groups is 3. The number of aliphatic carboxylic acids is 1. The van der Waals surface area contributed by atoms with Gasteiger partial charge < -0.3 is 20.1 Å². The van der Waals surface area contributed by atoms with Gasteiger partial charge >= 0.3 is 29.6 Å². The zero-order chi connectivity index (χ0) is 20.2. The van der Waals surface area contributed by atoms with E-state index in [2.05, 4.69) is 9.69 Å². The first-order chi connectivity index (χ1) is 13.2. The zero-order valence-corrected chi connectivity index (χ0v) is 20.1. The average Bonchev–Trinajstić information content (AvgIpc) is 3.15. The van der Waals surface area contributed by atoms with Crippen molar-refractivity contribution >= 4 is 41.1 Å². The molecule has 0 bridgehead atoms. The third-order valence-corrected chi connectivity index (χ3v) is 7.41. The van der Waals surface area contributed by atoms with Gasteiger partial charge in [0.05, 0.1) is 23.3 Å². The van der Waals surface area contributed by atoms with Gasteiger partial charge in [0, 0.05) is 15.2 Å². The first kappa shape index (κ1) is 22.3. The summed E-state index contributed by atoms with van der Waals surface area (Å²) in [6.07, 6.45) is 0. The molecule has 4 rings (SSSR count). The predicted molar refractivity (Wildman–Crippen MR) is 105 cm³/mol. The van der Waals surface area contributed by atoms with Gasteiger partial charge in [-0.15, -0.1) is 11.8 Å². The minimum Gasteiger partial charge on any atom is -0.548 e. The first-order valence-electron chi connectivity index (χ1n) is 8.76. The summed E-state index contributed by atoms with van der Waals surface area (Å²) >= 11 is 2.60. The summed E-state index contributed by atoms with van der Waals surface area (Å²) in [5.41, 5.74) is 1.85. The molecule has 3 heterocycles. The fraction of sp³-hybridized carbons (Fsp3) is 0.368. The minimum absolute atomic E-state index is 0. The number of benzene rings is 1. The maximum Gasteiger partial charge on any atom is 1.00 e. The van der Waals surface area contributed by atoms with Gasteiger partial charge in [-0.2, -0.15) is 4.37 Å². The van der Waals surface area contributed by atoms with Crippen LogP contribution in [0.25, 0.3) is 11.3 Å². The summed E-state index contributed by atoms with van der Waals surface area (Å²) in [6, 6.07) is 7.61. The van der Waals surface area contributed by atoms with Gasteiger partial charge in [0.25, 0.3) is 5.91 Å². The monoisotopic (exact) mass is 439 g/mol. The maximum atomic E-state index is 13.0. The Kier molecular flexibility index (Phi) is 6.18. The second kappa shape index (κ2) is 8.03. The summed E-state index contributed by atoms with van der Waals surface area (Å²) < 4.78 is 3.71. The summed E-state index contributed by atoms with van der Waals surface area (Å²) in [6.45, 7) is 5.35. The molecule has 7 nitrogen and oxygen atoms in total. The van der Waals surface area contributed by atoms with E-state index in [1.807, 2.05) is 37.3 Å². The standard InChI is InChI=1S/C19H19N3O4S2.Na/c1-9-11(12(21-28-9)10-7-5-4-6-8-10)15(23)20-13-16(24)22-14(18(25)26)19(2,3)27-17(13)22;/h4-8,13-14,17H,1-3H3,(H,20,23)(H,25,26);/q;+1/p-1/t13-,14+,17-;/m1./s1. The van der Waals surface area contributed by atoms with Crippen molar-refractivity contribution in [1.29, 1.82) is 0 Å². The van der Waals surface area contributed by atoms with E-state index in [1.165, 1.54) is 28.2 Å². The Morgan fingerprint density at radius 3 is 2.52 bits per heavy atom. The van der Waals surface area contributed by atoms with Crippen LogP contribution in [0.2, 0.25) is 0 Å². The van der Waals surface area contributed by atoms with Crippen LogP contribution < -0.4 is 40.0 Å². The maximum absolute atomic E-state index is 13.0. The van der Waals surface area contributed by atoms with Crippen LogP contribution in [-0.2, 0) is 9.59 Å². The number of fused-ring (bicyclic) bond motifs is 1. The number of rotatable bonds is 4. The molecule has 29 heavy (non-hydrogen) atoms. The summed E-state index contributed by atoms with van der Waals surface area (Å²) in [5, 5.41) is 13.9. The summed E-state index contributed by atoms with van der Waals surface area (Å²) in [5.74, 6) is -2.05. The number of aryl methyl sites for hydroxylation is 1. The number of carboxylic acids is 1. The molecular formula is C19H18N3NaO4S2. The Morgan fingerprint density at radius 2 is 1.90 bits per heavy atom. The van der Waals surface area contributed by atoms with Crippen LogP contribution in [0.5, 0.6) is 0 Å². The molecule has 0 unspecified atom stereocenters. The SMILES string of the molecule is Cc1snc(-c2ccccc2)c1C(=O)N[C@@H]1C(=O)N2[C@@H]1SC(C)(C)[C@@H]2C(=O)[O-].[Na+]. The molecule has 1 aromatic heterocycles. The molecule has 1 aromatic carbocycles. The molecule has 10 heteroatoms. The summed E-state index contributed by atoms with van der Waals surface area (Å²) in [4.78, 5) is 39.1. The number of nitrogens with one attached hydrogen (secondary N) is 1. The van der Waals surface area contributed by atoms with Crippen LogP contribution in [-0.4, -0.2) is 49.3 Å². The number of aromatic nitrogens is 1. The van der Waals surface area contributed by atoms with Crippen LogP contribution >= 0.6 is 23.3 Å². The van der Waals surface area contributed by atoms with E-state index in [-0.39, 0.29) is 35.5 Å². The largest absolute Gasteiger partial charge is 1.00 e. The Bertz CT molecular complexity index is 979. The molecule has 2 aliphatic rings. The van der Waals surface area contributed by atoms with E-state index in [0.717, 1.165) is 10.4 Å². The molecule has 2 aromatic rings. The van der Waals surface area contributed by atoms with Gasteiger partial charge in [-0.05, 0) is 32.3 Å². The van der Waals surface area contributed by atoms with Gasteiger partial charge in [0.1, 0.15) is 11.4 Å². The Hall–Kier alpha value is -1.39. The second-order valence-corrected chi connectivity index (χ2v) is 10.1. The van der Waals surface area contributed by atoms with Crippen LogP contribution in [0.4, 0.5) is 0 Å². The van der Waals surface area contributed by atoms with Crippen molar-refractivity contribution in [3.8, 4) is 11.3 Å². The van der Waals surface area contributed by atoms with Gasteiger partial charge in [-0.25, -0.2) is 0 Å². The molecule has 0 radical (unpaired) electrons. The van der Waals surface area contributed by atoms with Gasteiger partial charge in [-0.1, -0.05) is 30.3 Å². The zero-order valence-electron chi connectivity index (χ0n) is 16.5.